The molecule has 2 fully saturated rings. The lowest BCUT2D eigenvalue weighted by atomic mass is 10.3. The molecule has 0 saturated heterocycles. The van der Waals surface area contributed by atoms with Gasteiger partial charge in [0.2, 0.25) is 0 Å². The second kappa shape index (κ2) is 4.90. The number of nitrogens with two attached hydrogens (primary N) is 1. The summed E-state index contributed by atoms with van der Waals surface area (Å²) >= 11 is 1.68. The molecule has 5 nitrogen and oxygen atoms in total. The molecule has 0 radical (unpaired) electrons. The third kappa shape index (κ3) is 2.52. The zero-order valence-corrected chi connectivity index (χ0v) is 11.1. The van der Waals surface area contributed by atoms with Crippen molar-refractivity contribution in [3.05, 3.63) is 5.82 Å². The van der Waals surface area contributed by atoms with Gasteiger partial charge in [0, 0.05) is 17.7 Å². The van der Waals surface area contributed by atoms with Gasteiger partial charge in [0.25, 0.3) is 0 Å². The fourth-order valence-corrected chi connectivity index (χ4v) is 3.06. The van der Waals surface area contributed by atoms with Crippen molar-refractivity contribution < 1.29 is 0 Å². The predicted octanol–water partition coefficient (Wildman–Crippen LogP) is 1.82. The van der Waals surface area contributed by atoms with Crippen LogP contribution in [0.25, 0.3) is 0 Å². The summed E-state index contributed by atoms with van der Waals surface area (Å²) in [6.45, 7) is 0. The SMILES string of the molecule is N#CC(N)CCSc1nnc(C2CC2)n1C1CC1. The molecule has 1 aromatic rings. The Kier molecular flexibility index (Phi) is 3.27. The highest BCUT2D eigenvalue weighted by atomic mass is 32.2. The molecule has 1 atom stereocenters. The zero-order chi connectivity index (χ0) is 12.5. The van der Waals surface area contributed by atoms with Crippen LogP contribution in [0, 0.1) is 11.3 Å². The van der Waals surface area contributed by atoms with Crippen LogP contribution in [-0.2, 0) is 0 Å². The van der Waals surface area contributed by atoms with E-state index in [0.717, 1.165) is 10.9 Å². The summed E-state index contributed by atoms with van der Waals surface area (Å²) < 4.78 is 2.33. The van der Waals surface area contributed by atoms with E-state index in [9.17, 15) is 0 Å². The molecule has 2 N–H and O–H groups in total. The molecule has 96 valence electrons. The number of thioether (sulfide) groups is 1. The third-order valence-electron chi connectivity index (χ3n) is 3.37. The standard InChI is InChI=1S/C12H17N5S/c13-7-9(14)5-6-18-12-16-15-11(8-1-2-8)17(12)10-3-4-10/h8-10H,1-6,14H2. The second-order valence-corrected chi connectivity index (χ2v) is 6.15. The van der Waals surface area contributed by atoms with Crippen molar-refractivity contribution >= 4 is 11.8 Å². The quantitative estimate of drug-likeness (QED) is 0.792. The fourth-order valence-electron chi connectivity index (χ4n) is 2.02. The Balaban J connectivity index is 1.66. The molecular weight excluding hydrogens is 246 g/mol. The first-order valence-electron chi connectivity index (χ1n) is 6.52. The maximum atomic E-state index is 8.65. The number of hydrogen-bond donors (Lipinski definition) is 1. The minimum absolute atomic E-state index is 0.363. The van der Waals surface area contributed by atoms with Gasteiger partial charge in [0.1, 0.15) is 5.82 Å². The van der Waals surface area contributed by atoms with Gasteiger partial charge < -0.3 is 10.3 Å². The third-order valence-corrected chi connectivity index (χ3v) is 4.35. The average Bonchev–Trinajstić information content (AvgIpc) is 3.28. The van der Waals surface area contributed by atoms with E-state index in [4.69, 9.17) is 11.0 Å². The molecule has 6 heteroatoms. The average molecular weight is 263 g/mol. The zero-order valence-electron chi connectivity index (χ0n) is 10.2. The smallest absolute Gasteiger partial charge is 0.191 e. The van der Waals surface area contributed by atoms with Gasteiger partial charge in [-0.15, -0.1) is 10.2 Å². The van der Waals surface area contributed by atoms with Crippen molar-refractivity contribution in [1.82, 2.24) is 14.8 Å². The van der Waals surface area contributed by atoms with Gasteiger partial charge in [-0.2, -0.15) is 5.26 Å². The Bertz CT molecular complexity index is 469. The second-order valence-electron chi connectivity index (χ2n) is 5.09. The molecule has 0 aromatic carbocycles. The van der Waals surface area contributed by atoms with Gasteiger partial charge in [-0.3, -0.25) is 0 Å². The van der Waals surface area contributed by atoms with Crippen molar-refractivity contribution in [2.75, 3.05) is 5.75 Å². The van der Waals surface area contributed by atoms with Crippen molar-refractivity contribution in [3.8, 4) is 6.07 Å². The topological polar surface area (TPSA) is 80.5 Å². The molecule has 0 bridgehead atoms. The van der Waals surface area contributed by atoms with Crippen LogP contribution in [0.15, 0.2) is 5.16 Å². The molecule has 0 aliphatic heterocycles. The lowest BCUT2D eigenvalue weighted by molar-refractivity contribution is 0.626. The van der Waals surface area contributed by atoms with Gasteiger partial charge in [0.05, 0.1) is 12.1 Å². The molecule has 1 heterocycles. The van der Waals surface area contributed by atoms with Crippen LogP contribution in [0.4, 0.5) is 0 Å². The van der Waals surface area contributed by atoms with Crippen LogP contribution in [0.2, 0.25) is 0 Å². The van der Waals surface area contributed by atoms with Crippen molar-refractivity contribution in [2.24, 2.45) is 5.73 Å². The maximum absolute atomic E-state index is 8.65. The van der Waals surface area contributed by atoms with E-state index in [1.54, 1.807) is 11.8 Å². The van der Waals surface area contributed by atoms with E-state index in [1.165, 1.54) is 31.5 Å². The molecule has 1 aromatic heterocycles. The van der Waals surface area contributed by atoms with E-state index in [0.29, 0.717) is 18.4 Å². The highest BCUT2D eigenvalue weighted by Crippen LogP contribution is 2.45. The summed E-state index contributed by atoms with van der Waals surface area (Å²) in [5, 5.41) is 18.3. The fraction of sp³-hybridized carbons (Fsp3) is 0.750. The van der Waals surface area contributed by atoms with Crippen LogP contribution in [-0.4, -0.2) is 26.6 Å². The lowest BCUT2D eigenvalue weighted by Crippen LogP contribution is -2.17. The van der Waals surface area contributed by atoms with E-state index in [2.05, 4.69) is 20.8 Å². The number of nitrogens with zero attached hydrogens (tertiary/aromatic N) is 4. The molecule has 2 aliphatic carbocycles. The minimum atomic E-state index is -0.363. The van der Waals surface area contributed by atoms with Crippen LogP contribution in [0.1, 0.15) is 49.9 Å². The number of aromatic nitrogens is 3. The van der Waals surface area contributed by atoms with Gasteiger partial charge in [-0.25, -0.2) is 0 Å². The van der Waals surface area contributed by atoms with Crippen LogP contribution in [0.3, 0.4) is 0 Å². The van der Waals surface area contributed by atoms with E-state index >= 15 is 0 Å². The number of hydrogen-bond acceptors (Lipinski definition) is 5. The summed E-state index contributed by atoms with van der Waals surface area (Å²) in [7, 11) is 0. The normalized spacial score (nSPS) is 20.7. The molecule has 0 spiro atoms. The van der Waals surface area contributed by atoms with Crippen LogP contribution >= 0.6 is 11.8 Å². The molecule has 18 heavy (non-hydrogen) atoms. The van der Waals surface area contributed by atoms with Gasteiger partial charge in [0.15, 0.2) is 5.16 Å². The van der Waals surface area contributed by atoms with E-state index < -0.39 is 0 Å². The summed E-state index contributed by atoms with van der Waals surface area (Å²) in [6.07, 6.45) is 5.73. The van der Waals surface area contributed by atoms with E-state index in [1.807, 2.05) is 0 Å². The summed E-state index contributed by atoms with van der Waals surface area (Å²) in [5.74, 6) is 2.67. The van der Waals surface area contributed by atoms with Gasteiger partial charge in [-0.1, -0.05) is 11.8 Å². The monoisotopic (exact) mass is 263 g/mol. The Labute approximate surface area is 111 Å². The first kappa shape index (κ1) is 12.0. The van der Waals surface area contributed by atoms with Crippen molar-refractivity contribution in [2.45, 2.75) is 55.3 Å². The Morgan fingerprint density at radius 3 is 2.78 bits per heavy atom. The molecule has 1 unspecified atom stereocenters. The molecule has 2 saturated carbocycles. The predicted molar refractivity (Wildman–Crippen MR) is 69.2 cm³/mol. The first-order chi connectivity index (χ1) is 8.79. The minimum Gasteiger partial charge on any atom is -0.316 e. The maximum Gasteiger partial charge on any atom is 0.191 e. The summed E-state index contributed by atoms with van der Waals surface area (Å²) in [4.78, 5) is 0. The lowest BCUT2D eigenvalue weighted by Gasteiger charge is -2.08. The molecule has 2 aliphatic rings. The Morgan fingerprint density at radius 1 is 1.39 bits per heavy atom. The Morgan fingerprint density at radius 2 is 2.17 bits per heavy atom. The molecule has 0 amide bonds. The largest absolute Gasteiger partial charge is 0.316 e. The van der Waals surface area contributed by atoms with Crippen LogP contribution < -0.4 is 5.73 Å². The molecule has 3 rings (SSSR count). The molecular formula is C12H17N5S. The highest BCUT2D eigenvalue weighted by molar-refractivity contribution is 7.99. The number of rotatable bonds is 6. The van der Waals surface area contributed by atoms with Crippen molar-refractivity contribution in [1.29, 1.82) is 5.26 Å². The summed E-state index contributed by atoms with van der Waals surface area (Å²) in [5.41, 5.74) is 5.59. The Hall–Kier alpha value is -1.06. The van der Waals surface area contributed by atoms with Gasteiger partial charge in [-0.05, 0) is 32.1 Å². The number of nitriles is 1. The van der Waals surface area contributed by atoms with Crippen molar-refractivity contribution in [3.63, 3.8) is 0 Å². The van der Waals surface area contributed by atoms with E-state index in [-0.39, 0.29) is 6.04 Å². The van der Waals surface area contributed by atoms with Crippen LogP contribution in [0.5, 0.6) is 0 Å². The first-order valence-corrected chi connectivity index (χ1v) is 7.51. The summed E-state index contributed by atoms with van der Waals surface area (Å²) in [6, 6.07) is 2.32. The van der Waals surface area contributed by atoms with Gasteiger partial charge >= 0.3 is 0 Å². The highest BCUT2D eigenvalue weighted by Gasteiger charge is 2.36.